The fourth-order valence-corrected chi connectivity index (χ4v) is 1.04. The molecule has 1 rings (SSSR count). The number of rotatable bonds is 4. The van der Waals surface area contributed by atoms with E-state index in [4.69, 9.17) is 10.5 Å². The molecule has 0 aliphatic carbocycles. The number of esters is 1. The van der Waals surface area contributed by atoms with Crippen molar-refractivity contribution < 1.29 is 29.7 Å². The molecule has 0 aromatic heterocycles. The first-order chi connectivity index (χ1) is 7.22. The fourth-order valence-electron chi connectivity index (χ4n) is 1.04. The van der Waals surface area contributed by atoms with Gasteiger partial charge < -0.3 is 4.74 Å². The van der Waals surface area contributed by atoms with E-state index in [2.05, 4.69) is 14.3 Å². The Balaban J connectivity index is 2.84. The fraction of sp³-hybridized carbons (Fsp3) is 0.125. The van der Waals surface area contributed by atoms with Crippen LogP contribution in [0, 0.1) is 0 Å². The van der Waals surface area contributed by atoms with Gasteiger partial charge in [-0.15, -0.1) is 0 Å². The molecule has 1 aromatic rings. The molecule has 15 heavy (non-hydrogen) atoms. The zero-order valence-electron chi connectivity index (χ0n) is 7.91. The number of methoxy groups -OCH3 is 1. The highest BCUT2D eigenvalue weighted by molar-refractivity contribution is 6.60. The minimum atomic E-state index is -1.29. The molecule has 2 N–H and O–H groups in total. The van der Waals surface area contributed by atoms with Crippen LogP contribution in [0.25, 0.3) is 0 Å². The Labute approximate surface area is 86.0 Å². The van der Waals surface area contributed by atoms with Gasteiger partial charge in [-0.3, -0.25) is 20.1 Å². The molecule has 0 saturated carbocycles. The van der Waals surface area contributed by atoms with E-state index in [1.54, 1.807) is 0 Å². The van der Waals surface area contributed by atoms with Crippen molar-refractivity contribution in [2.45, 2.75) is 0 Å². The Morgan fingerprint density at radius 2 is 1.73 bits per heavy atom. The third kappa shape index (κ3) is 2.77. The van der Waals surface area contributed by atoms with Crippen LogP contribution in [-0.2, 0) is 14.3 Å². The van der Waals surface area contributed by atoms with E-state index in [0.717, 1.165) is 0 Å². The summed E-state index contributed by atoms with van der Waals surface area (Å²) in [6.07, 6.45) is 0. The summed E-state index contributed by atoms with van der Waals surface area (Å²) in [5.74, 6) is -0.479. The molecule has 0 aliphatic heterocycles. The lowest BCUT2D eigenvalue weighted by molar-refractivity contribution is -0.221. The molecular weight excluding hydrogens is 203 g/mol. The minimum Gasteiger partial charge on any atom is -0.465 e. The van der Waals surface area contributed by atoms with Crippen molar-refractivity contribution in [1.82, 2.24) is 0 Å². The molecule has 1 aromatic carbocycles. The lowest BCUT2D eigenvalue weighted by atomic mass is 9.80. The molecule has 0 spiro atoms. The molecule has 0 heterocycles. The standard InChI is InChI=1S/C8H9BO6/c1-13-8(10)6-2-4-7(5-3-6)9(14-11)15-12/h2-5,11-12H,1H3. The molecule has 0 saturated heterocycles. The highest BCUT2D eigenvalue weighted by atomic mass is 17.2. The van der Waals surface area contributed by atoms with Gasteiger partial charge in [-0.25, -0.2) is 4.79 Å². The van der Waals surface area contributed by atoms with Gasteiger partial charge in [0.05, 0.1) is 12.7 Å². The molecule has 0 atom stereocenters. The van der Waals surface area contributed by atoms with Crippen molar-refractivity contribution in [3.63, 3.8) is 0 Å². The third-order valence-corrected chi connectivity index (χ3v) is 1.80. The van der Waals surface area contributed by atoms with Gasteiger partial charge >= 0.3 is 13.1 Å². The highest BCUT2D eigenvalue weighted by Crippen LogP contribution is 2.00. The molecule has 6 nitrogen and oxygen atoms in total. The summed E-state index contributed by atoms with van der Waals surface area (Å²) in [5, 5.41) is 16.7. The van der Waals surface area contributed by atoms with Crippen LogP contribution in [-0.4, -0.2) is 30.7 Å². The Hall–Kier alpha value is -1.41. The van der Waals surface area contributed by atoms with Crippen LogP contribution in [0.5, 0.6) is 0 Å². The number of benzene rings is 1. The monoisotopic (exact) mass is 212 g/mol. The van der Waals surface area contributed by atoms with Gasteiger partial charge in [0.1, 0.15) is 0 Å². The Bertz CT molecular complexity index is 320. The van der Waals surface area contributed by atoms with Crippen LogP contribution in [0.1, 0.15) is 10.4 Å². The van der Waals surface area contributed by atoms with Crippen LogP contribution in [0.3, 0.4) is 0 Å². The van der Waals surface area contributed by atoms with Gasteiger partial charge in [0, 0.05) is 0 Å². The summed E-state index contributed by atoms with van der Waals surface area (Å²) in [7, 11) is -0.0242. The largest absolute Gasteiger partial charge is 0.554 e. The van der Waals surface area contributed by atoms with Crippen molar-refractivity contribution in [3.8, 4) is 0 Å². The summed E-state index contributed by atoms with van der Waals surface area (Å²) in [6.45, 7) is 0. The van der Waals surface area contributed by atoms with Crippen LogP contribution in [0.4, 0.5) is 0 Å². The second-order valence-electron chi connectivity index (χ2n) is 2.66. The second-order valence-corrected chi connectivity index (χ2v) is 2.66. The summed E-state index contributed by atoms with van der Waals surface area (Å²) >= 11 is 0. The molecular formula is C8H9BO6. The van der Waals surface area contributed by atoms with Crippen molar-refractivity contribution in [2.24, 2.45) is 0 Å². The minimum absolute atomic E-state index is 0.343. The van der Waals surface area contributed by atoms with Crippen molar-refractivity contribution in [2.75, 3.05) is 7.11 Å². The summed E-state index contributed by atoms with van der Waals surface area (Å²) in [4.78, 5) is 18.7. The SMILES string of the molecule is COC(=O)c1ccc(B(OO)OO)cc1. The summed E-state index contributed by atoms with van der Waals surface area (Å²) in [5.41, 5.74) is 0.698. The molecule has 0 amide bonds. The van der Waals surface area contributed by atoms with Crippen LogP contribution in [0.15, 0.2) is 24.3 Å². The van der Waals surface area contributed by atoms with Gasteiger partial charge in [-0.05, 0) is 17.6 Å². The van der Waals surface area contributed by atoms with E-state index in [1.807, 2.05) is 0 Å². The number of hydrogen-bond acceptors (Lipinski definition) is 6. The maximum Gasteiger partial charge on any atom is 0.554 e. The Kier molecular flexibility index (Phi) is 4.25. The van der Waals surface area contributed by atoms with E-state index >= 15 is 0 Å². The topological polar surface area (TPSA) is 85.2 Å². The predicted molar refractivity (Wildman–Crippen MR) is 50.6 cm³/mol. The molecule has 0 fully saturated rings. The summed E-state index contributed by atoms with van der Waals surface area (Å²) < 4.78 is 4.49. The molecule has 0 bridgehead atoms. The zero-order valence-corrected chi connectivity index (χ0v) is 7.91. The molecule has 0 unspecified atom stereocenters. The molecule has 7 heteroatoms. The number of carbonyl (C=O) groups excluding carboxylic acids is 1. The Morgan fingerprint density at radius 1 is 1.20 bits per heavy atom. The van der Waals surface area contributed by atoms with E-state index < -0.39 is 13.1 Å². The van der Waals surface area contributed by atoms with Crippen molar-refractivity contribution in [3.05, 3.63) is 29.8 Å². The average Bonchev–Trinajstić information content (AvgIpc) is 2.30. The number of carbonyl (C=O) groups is 1. The van der Waals surface area contributed by atoms with E-state index in [9.17, 15) is 4.79 Å². The first kappa shape index (κ1) is 11.7. The number of ether oxygens (including phenoxy) is 1. The van der Waals surface area contributed by atoms with E-state index in [0.29, 0.717) is 11.0 Å². The zero-order chi connectivity index (χ0) is 11.3. The third-order valence-electron chi connectivity index (χ3n) is 1.80. The molecule has 80 valence electrons. The van der Waals surface area contributed by atoms with E-state index in [1.165, 1.54) is 31.4 Å². The Morgan fingerprint density at radius 3 is 2.13 bits per heavy atom. The lowest BCUT2D eigenvalue weighted by Crippen LogP contribution is -2.35. The smallest absolute Gasteiger partial charge is 0.465 e. The lowest BCUT2D eigenvalue weighted by Gasteiger charge is -2.05. The van der Waals surface area contributed by atoms with Gasteiger partial charge in [0.2, 0.25) is 0 Å². The number of hydrogen-bond donors (Lipinski definition) is 2. The van der Waals surface area contributed by atoms with Gasteiger partial charge in [-0.2, -0.15) is 0 Å². The van der Waals surface area contributed by atoms with E-state index in [-0.39, 0.29) is 0 Å². The maximum atomic E-state index is 11.1. The first-order valence-electron chi connectivity index (χ1n) is 4.01. The normalized spacial score (nSPS) is 9.80. The van der Waals surface area contributed by atoms with Crippen molar-refractivity contribution >= 4 is 18.6 Å². The van der Waals surface area contributed by atoms with Gasteiger partial charge in [-0.1, -0.05) is 12.1 Å². The quantitative estimate of drug-likeness (QED) is 0.319. The van der Waals surface area contributed by atoms with Gasteiger partial charge in [0.25, 0.3) is 0 Å². The predicted octanol–water partition coefficient (Wildman–Crippen LogP) is 0.148. The van der Waals surface area contributed by atoms with Crippen LogP contribution < -0.4 is 5.46 Å². The van der Waals surface area contributed by atoms with Crippen LogP contribution in [0.2, 0.25) is 0 Å². The highest BCUT2D eigenvalue weighted by Gasteiger charge is 2.22. The first-order valence-corrected chi connectivity index (χ1v) is 4.01. The molecule has 0 radical (unpaired) electrons. The average molecular weight is 212 g/mol. The summed E-state index contributed by atoms with van der Waals surface area (Å²) in [6, 6.07) is 5.80. The van der Waals surface area contributed by atoms with Crippen molar-refractivity contribution in [1.29, 1.82) is 0 Å². The maximum absolute atomic E-state index is 11.1. The molecule has 0 aliphatic rings. The van der Waals surface area contributed by atoms with Gasteiger partial charge in [0.15, 0.2) is 0 Å². The second kappa shape index (κ2) is 5.47. The van der Waals surface area contributed by atoms with Crippen LogP contribution >= 0.6 is 0 Å².